The molecular weight excluding hydrogens is 342 g/mol. The molecule has 1 atom stereocenters. The Kier molecular flexibility index (Phi) is 6.33. The van der Waals surface area contributed by atoms with E-state index in [1.54, 1.807) is 11.3 Å². The predicted octanol–water partition coefficient (Wildman–Crippen LogP) is 4.39. The van der Waals surface area contributed by atoms with Gasteiger partial charge in [-0.1, -0.05) is 30.3 Å². The number of amides is 2. The van der Waals surface area contributed by atoms with Crippen LogP contribution in [-0.4, -0.2) is 30.1 Å². The molecule has 0 radical (unpaired) electrons. The van der Waals surface area contributed by atoms with Crippen molar-refractivity contribution in [3.05, 3.63) is 57.3 Å². The summed E-state index contributed by atoms with van der Waals surface area (Å²) in [6, 6.07) is 13.0. The van der Waals surface area contributed by atoms with Gasteiger partial charge in [-0.05, 0) is 50.8 Å². The van der Waals surface area contributed by atoms with Gasteiger partial charge in [-0.25, -0.2) is 4.79 Å². The second-order valence-corrected chi connectivity index (χ2v) is 8.70. The number of likely N-dealkylation sites (tertiary alicyclic amines) is 1. The second kappa shape index (κ2) is 8.69. The Morgan fingerprint density at radius 2 is 1.92 bits per heavy atom. The molecule has 5 heteroatoms. The van der Waals surface area contributed by atoms with E-state index in [9.17, 15) is 4.79 Å². The van der Waals surface area contributed by atoms with E-state index in [1.165, 1.54) is 20.9 Å². The lowest BCUT2D eigenvalue weighted by molar-refractivity contribution is 0.186. The number of nitrogens with zero attached hydrogens (tertiary/aromatic N) is 1. The van der Waals surface area contributed by atoms with Crippen LogP contribution in [0.15, 0.2) is 36.4 Å². The van der Waals surface area contributed by atoms with Gasteiger partial charge in [0.25, 0.3) is 0 Å². The second-order valence-electron chi connectivity index (χ2n) is 7.24. The highest BCUT2D eigenvalue weighted by molar-refractivity contribution is 7.12. The number of aryl methyl sites for hydroxylation is 2. The van der Waals surface area contributed by atoms with Gasteiger partial charge in [0.05, 0.1) is 6.04 Å². The lowest BCUT2D eigenvalue weighted by atomic mass is 10.0. The first kappa shape index (κ1) is 18.9. The molecule has 1 aromatic carbocycles. The lowest BCUT2D eigenvalue weighted by Crippen LogP contribution is -2.48. The van der Waals surface area contributed by atoms with Gasteiger partial charge in [0.1, 0.15) is 0 Å². The van der Waals surface area contributed by atoms with Crippen LogP contribution in [0.25, 0.3) is 0 Å². The van der Waals surface area contributed by atoms with Crippen LogP contribution in [0.2, 0.25) is 0 Å². The standard InChI is InChI=1S/C21H29N3OS/c1-15-13-20(17(3)26-15)16(2)22-21(25)23-19-9-11-24(12-10-19)14-18-7-5-4-6-8-18/h4-8,13,16,19H,9-12,14H2,1-3H3,(H2,22,23,25)/t16-/m0/s1. The number of nitrogens with one attached hydrogen (secondary N) is 2. The number of hydrogen-bond acceptors (Lipinski definition) is 3. The van der Waals surface area contributed by atoms with Gasteiger partial charge < -0.3 is 10.6 Å². The van der Waals surface area contributed by atoms with Gasteiger partial charge in [0, 0.05) is 35.4 Å². The average molecular weight is 372 g/mol. The predicted molar refractivity (Wildman–Crippen MR) is 109 cm³/mol. The first-order chi connectivity index (χ1) is 12.5. The highest BCUT2D eigenvalue weighted by Gasteiger charge is 2.22. The van der Waals surface area contributed by atoms with Crippen molar-refractivity contribution < 1.29 is 4.79 Å². The molecule has 0 aliphatic carbocycles. The van der Waals surface area contributed by atoms with Crippen LogP contribution in [0, 0.1) is 13.8 Å². The van der Waals surface area contributed by atoms with Crippen molar-refractivity contribution in [3.63, 3.8) is 0 Å². The minimum Gasteiger partial charge on any atom is -0.335 e. The first-order valence-electron chi connectivity index (χ1n) is 9.41. The summed E-state index contributed by atoms with van der Waals surface area (Å²) in [7, 11) is 0. The Labute approximate surface area is 160 Å². The van der Waals surface area contributed by atoms with Crippen molar-refractivity contribution >= 4 is 17.4 Å². The fourth-order valence-electron chi connectivity index (χ4n) is 3.66. The highest BCUT2D eigenvalue weighted by Crippen LogP contribution is 2.26. The van der Waals surface area contributed by atoms with E-state index in [2.05, 4.69) is 72.7 Å². The fourth-order valence-corrected chi connectivity index (χ4v) is 4.68. The molecular formula is C21H29N3OS. The number of carbonyl (C=O) groups is 1. The van der Waals surface area contributed by atoms with E-state index in [-0.39, 0.29) is 18.1 Å². The van der Waals surface area contributed by atoms with Gasteiger partial charge in [-0.2, -0.15) is 0 Å². The molecule has 1 saturated heterocycles. The van der Waals surface area contributed by atoms with Gasteiger partial charge in [0.2, 0.25) is 0 Å². The molecule has 1 fully saturated rings. The summed E-state index contributed by atoms with van der Waals surface area (Å²) in [5.74, 6) is 0. The Morgan fingerprint density at radius 1 is 1.23 bits per heavy atom. The molecule has 1 aromatic heterocycles. The third kappa shape index (κ3) is 5.08. The van der Waals surface area contributed by atoms with Crippen molar-refractivity contribution in [2.24, 2.45) is 0 Å². The molecule has 2 amide bonds. The summed E-state index contributed by atoms with van der Waals surface area (Å²) in [6.45, 7) is 9.32. The Hall–Kier alpha value is -1.85. The van der Waals surface area contributed by atoms with Gasteiger partial charge in [-0.15, -0.1) is 11.3 Å². The summed E-state index contributed by atoms with van der Waals surface area (Å²) in [5, 5.41) is 6.25. The van der Waals surface area contributed by atoms with E-state index in [4.69, 9.17) is 0 Å². The number of thiophene rings is 1. The largest absolute Gasteiger partial charge is 0.335 e. The summed E-state index contributed by atoms with van der Waals surface area (Å²) in [4.78, 5) is 17.4. The summed E-state index contributed by atoms with van der Waals surface area (Å²) in [6.07, 6.45) is 2.01. The first-order valence-corrected chi connectivity index (χ1v) is 10.2. The van der Waals surface area contributed by atoms with Crippen molar-refractivity contribution in [2.45, 2.75) is 52.2 Å². The summed E-state index contributed by atoms with van der Waals surface area (Å²) < 4.78 is 0. The topological polar surface area (TPSA) is 44.4 Å². The van der Waals surface area contributed by atoms with Crippen LogP contribution in [-0.2, 0) is 6.54 Å². The lowest BCUT2D eigenvalue weighted by Gasteiger charge is -2.32. The van der Waals surface area contributed by atoms with Crippen LogP contribution in [0.5, 0.6) is 0 Å². The minimum atomic E-state index is -0.0535. The van der Waals surface area contributed by atoms with Gasteiger partial charge in [0.15, 0.2) is 0 Å². The fraction of sp³-hybridized carbons (Fsp3) is 0.476. The van der Waals surface area contributed by atoms with Crippen LogP contribution in [0.1, 0.15) is 46.7 Å². The summed E-state index contributed by atoms with van der Waals surface area (Å²) in [5.41, 5.74) is 2.58. The van der Waals surface area contributed by atoms with Crippen LogP contribution in [0.3, 0.4) is 0 Å². The van der Waals surface area contributed by atoms with Gasteiger partial charge >= 0.3 is 6.03 Å². The number of carbonyl (C=O) groups excluding carboxylic acids is 1. The zero-order chi connectivity index (χ0) is 18.5. The Bertz CT molecular complexity index is 720. The molecule has 4 nitrogen and oxygen atoms in total. The van der Waals surface area contributed by atoms with Crippen molar-refractivity contribution in [3.8, 4) is 0 Å². The molecule has 1 aliphatic heterocycles. The third-order valence-corrected chi connectivity index (χ3v) is 6.05. The van der Waals surface area contributed by atoms with E-state index >= 15 is 0 Å². The molecule has 0 saturated carbocycles. The van der Waals surface area contributed by atoms with E-state index < -0.39 is 0 Å². The molecule has 2 N–H and O–H groups in total. The zero-order valence-electron chi connectivity index (χ0n) is 15.9. The maximum Gasteiger partial charge on any atom is 0.315 e. The van der Waals surface area contributed by atoms with E-state index in [0.717, 1.165) is 32.5 Å². The van der Waals surface area contributed by atoms with E-state index in [1.807, 2.05) is 0 Å². The molecule has 26 heavy (non-hydrogen) atoms. The van der Waals surface area contributed by atoms with Crippen LogP contribution in [0.4, 0.5) is 4.79 Å². The van der Waals surface area contributed by atoms with Crippen molar-refractivity contribution in [2.75, 3.05) is 13.1 Å². The van der Waals surface area contributed by atoms with Crippen LogP contribution < -0.4 is 10.6 Å². The summed E-state index contributed by atoms with van der Waals surface area (Å²) >= 11 is 1.78. The molecule has 0 unspecified atom stereocenters. The average Bonchev–Trinajstić information content (AvgIpc) is 2.96. The van der Waals surface area contributed by atoms with Crippen molar-refractivity contribution in [1.29, 1.82) is 0 Å². The third-order valence-electron chi connectivity index (χ3n) is 5.07. The number of benzene rings is 1. The molecule has 3 rings (SSSR count). The Balaban J connectivity index is 1.42. The molecule has 2 aromatic rings. The molecule has 0 spiro atoms. The van der Waals surface area contributed by atoms with Crippen molar-refractivity contribution in [1.82, 2.24) is 15.5 Å². The smallest absolute Gasteiger partial charge is 0.315 e. The maximum atomic E-state index is 12.4. The highest BCUT2D eigenvalue weighted by atomic mass is 32.1. The SMILES string of the molecule is Cc1cc([C@H](C)NC(=O)NC2CCN(Cc3ccccc3)CC2)c(C)s1. The van der Waals surface area contributed by atoms with Gasteiger partial charge in [-0.3, -0.25) is 4.90 Å². The molecule has 0 bridgehead atoms. The number of piperidine rings is 1. The molecule has 140 valence electrons. The quantitative estimate of drug-likeness (QED) is 0.819. The minimum absolute atomic E-state index is 0.0399. The van der Waals surface area contributed by atoms with Crippen LogP contribution >= 0.6 is 11.3 Å². The number of hydrogen-bond donors (Lipinski definition) is 2. The number of urea groups is 1. The molecule has 2 heterocycles. The zero-order valence-corrected chi connectivity index (χ0v) is 16.7. The van der Waals surface area contributed by atoms with E-state index in [0.29, 0.717) is 0 Å². The maximum absolute atomic E-state index is 12.4. The Morgan fingerprint density at radius 3 is 2.54 bits per heavy atom. The monoisotopic (exact) mass is 371 g/mol. The normalized spacial score (nSPS) is 17.0. The molecule has 1 aliphatic rings. The number of rotatable bonds is 5.